The van der Waals surface area contributed by atoms with Crippen molar-refractivity contribution in [2.24, 2.45) is 10.1 Å². The van der Waals surface area contributed by atoms with E-state index in [0.717, 1.165) is 43.4 Å². The predicted molar refractivity (Wildman–Crippen MR) is 93.7 cm³/mol. The van der Waals surface area contributed by atoms with E-state index < -0.39 is 0 Å². The fourth-order valence-corrected chi connectivity index (χ4v) is 2.74. The molecule has 0 bridgehead atoms. The first-order valence-corrected chi connectivity index (χ1v) is 7.97. The Kier molecular flexibility index (Phi) is 6.64. The molecule has 0 unspecified atom stereocenters. The van der Waals surface area contributed by atoms with Crippen molar-refractivity contribution in [3.05, 3.63) is 28.8 Å². The number of rotatable bonds is 5. The van der Waals surface area contributed by atoms with Gasteiger partial charge in [-0.3, -0.25) is 9.89 Å². The second-order valence-electron chi connectivity index (χ2n) is 4.90. The van der Waals surface area contributed by atoms with Gasteiger partial charge in [-0.05, 0) is 17.7 Å². The smallest absolute Gasteiger partial charge is 0.139 e. The minimum absolute atomic E-state index is 0.421. The highest BCUT2D eigenvalue weighted by Gasteiger charge is 2.19. The van der Waals surface area contributed by atoms with Crippen LogP contribution in [0.4, 0.5) is 5.69 Å². The van der Waals surface area contributed by atoms with Crippen LogP contribution in [0.1, 0.15) is 5.56 Å². The molecule has 1 aromatic carbocycles. The standard InChI is InChI=1S/C15H20Cl2N4O/c1-18-15(11-20-5-7-22-8-6-20)21(19-2)14-4-3-12(10-16)9-13(14)17/h3-4,9H,2,5-8,10-11H2,1H3. The van der Waals surface area contributed by atoms with Gasteiger partial charge in [-0.1, -0.05) is 17.7 Å². The maximum atomic E-state index is 6.35. The van der Waals surface area contributed by atoms with E-state index >= 15 is 0 Å². The Morgan fingerprint density at radius 1 is 1.41 bits per heavy atom. The van der Waals surface area contributed by atoms with Crippen molar-refractivity contribution in [3.8, 4) is 0 Å². The second-order valence-corrected chi connectivity index (χ2v) is 5.58. The van der Waals surface area contributed by atoms with Gasteiger partial charge in [-0.15, -0.1) is 11.6 Å². The van der Waals surface area contributed by atoms with E-state index in [1.54, 1.807) is 12.1 Å². The highest BCUT2D eigenvalue weighted by molar-refractivity contribution is 6.34. The van der Waals surface area contributed by atoms with Gasteiger partial charge in [0.05, 0.1) is 30.5 Å². The van der Waals surface area contributed by atoms with Gasteiger partial charge in [0.2, 0.25) is 0 Å². The van der Waals surface area contributed by atoms with Crippen LogP contribution in [-0.2, 0) is 10.6 Å². The molecule has 0 spiro atoms. The fourth-order valence-electron chi connectivity index (χ4n) is 2.29. The summed E-state index contributed by atoms with van der Waals surface area (Å²) in [7, 11) is 1.75. The topological polar surface area (TPSA) is 40.4 Å². The lowest BCUT2D eigenvalue weighted by Gasteiger charge is -2.30. The summed E-state index contributed by atoms with van der Waals surface area (Å²) < 4.78 is 5.37. The van der Waals surface area contributed by atoms with Crippen LogP contribution in [0.5, 0.6) is 0 Å². The number of alkyl halides is 1. The second kappa shape index (κ2) is 8.48. The molecule has 0 saturated carbocycles. The number of hydrazone groups is 1. The normalized spacial score (nSPS) is 16.6. The molecule has 0 atom stereocenters. The van der Waals surface area contributed by atoms with Gasteiger partial charge < -0.3 is 4.74 Å². The van der Waals surface area contributed by atoms with Crippen molar-refractivity contribution in [2.75, 3.05) is 44.9 Å². The van der Waals surface area contributed by atoms with Crippen LogP contribution in [0, 0.1) is 0 Å². The van der Waals surface area contributed by atoms with E-state index in [2.05, 4.69) is 21.7 Å². The van der Waals surface area contributed by atoms with Crippen molar-refractivity contribution in [1.82, 2.24) is 4.90 Å². The summed E-state index contributed by atoms with van der Waals surface area (Å²) in [6.45, 7) is 7.56. The van der Waals surface area contributed by atoms with Crippen molar-refractivity contribution in [1.29, 1.82) is 0 Å². The molecule has 1 saturated heterocycles. The van der Waals surface area contributed by atoms with E-state index in [9.17, 15) is 0 Å². The van der Waals surface area contributed by atoms with E-state index in [1.165, 1.54) is 0 Å². The predicted octanol–water partition coefficient (Wildman–Crippen LogP) is 2.86. The minimum Gasteiger partial charge on any atom is -0.379 e. The number of hydrogen-bond donors (Lipinski definition) is 0. The zero-order valence-electron chi connectivity index (χ0n) is 12.6. The highest BCUT2D eigenvalue weighted by Crippen LogP contribution is 2.28. The van der Waals surface area contributed by atoms with Crippen LogP contribution in [0.2, 0.25) is 5.02 Å². The summed E-state index contributed by atoms with van der Waals surface area (Å²) in [5.74, 6) is 1.21. The molecule has 1 fully saturated rings. The van der Waals surface area contributed by atoms with Gasteiger partial charge >= 0.3 is 0 Å². The minimum atomic E-state index is 0.421. The highest BCUT2D eigenvalue weighted by atomic mass is 35.5. The van der Waals surface area contributed by atoms with Gasteiger partial charge in [0, 0.05) is 32.7 Å². The fraction of sp³-hybridized carbons (Fsp3) is 0.467. The lowest BCUT2D eigenvalue weighted by atomic mass is 10.2. The Morgan fingerprint density at radius 2 is 2.14 bits per heavy atom. The Hall–Kier alpha value is -1.14. The molecule has 5 nitrogen and oxygen atoms in total. The zero-order valence-corrected chi connectivity index (χ0v) is 14.1. The zero-order chi connectivity index (χ0) is 15.9. The first-order chi connectivity index (χ1) is 10.7. The lowest BCUT2D eigenvalue weighted by Crippen LogP contribution is -2.43. The molecule has 0 amide bonds. The van der Waals surface area contributed by atoms with Crippen molar-refractivity contribution in [2.45, 2.75) is 5.88 Å². The average Bonchev–Trinajstić information content (AvgIpc) is 2.56. The molecule has 7 heteroatoms. The molecular weight excluding hydrogens is 323 g/mol. The Bertz CT molecular complexity index is 544. The molecular formula is C15H20Cl2N4O. The molecule has 0 aliphatic carbocycles. The molecule has 22 heavy (non-hydrogen) atoms. The summed E-state index contributed by atoms with van der Waals surface area (Å²) in [5.41, 5.74) is 1.71. The van der Waals surface area contributed by atoms with Crippen LogP contribution in [0.25, 0.3) is 0 Å². The summed E-state index contributed by atoms with van der Waals surface area (Å²) >= 11 is 12.2. The van der Waals surface area contributed by atoms with Gasteiger partial charge in [-0.2, -0.15) is 5.10 Å². The first-order valence-electron chi connectivity index (χ1n) is 7.06. The number of aliphatic imine (C=N–C) groups is 1. The van der Waals surface area contributed by atoms with Crippen LogP contribution >= 0.6 is 23.2 Å². The van der Waals surface area contributed by atoms with Crippen molar-refractivity contribution < 1.29 is 4.74 Å². The number of benzene rings is 1. The summed E-state index contributed by atoms with van der Waals surface area (Å²) in [4.78, 5) is 6.62. The Morgan fingerprint density at radius 3 is 2.68 bits per heavy atom. The van der Waals surface area contributed by atoms with E-state index in [-0.39, 0.29) is 0 Å². The number of hydrogen-bond acceptors (Lipinski definition) is 4. The van der Waals surface area contributed by atoms with Crippen LogP contribution in [-0.4, -0.2) is 57.3 Å². The van der Waals surface area contributed by atoms with Crippen LogP contribution < -0.4 is 5.01 Å². The molecule has 1 aromatic rings. The number of halogens is 2. The summed E-state index contributed by atoms with van der Waals surface area (Å²) in [5, 5.41) is 6.34. The van der Waals surface area contributed by atoms with Crippen LogP contribution in [0.15, 0.2) is 28.3 Å². The van der Waals surface area contributed by atoms with E-state index in [1.807, 2.05) is 18.2 Å². The number of amidine groups is 1. The third-order valence-corrected chi connectivity index (χ3v) is 4.12. The average molecular weight is 343 g/mol. The molecule has 120 valence electrons. The molecule has 1 heterocycles. The SMILES string of the molecule is C=NN(C(CN1CCOCC1)=NC)c1ccc(CCl)cc1Cl. The third kappa shape index (κ3) is 4.20. The van der Waals surface area contributed by atoms with Crippen molar-refractivity contribution >= 4 is 41.4 Å². The van der Waals surface area contributed by atoms with Gasteiger partial charge in [0.25, 0.3) is 0 Å². The molecule has 0 N–H and O–H groups in total. The molecule has 0 aromatic heterocycles. The molecule has 1 aliphatic heterocycles. The summed E-state index contributed by atoms with van der Waals surface area (Å²) in [6, 6.07) is 5.65. The Labute approximate surface area is 141 Å². The molecule has 2 rings (SSSR count). The number of nitrogens with zero attached hydrogens (tertiary/aromatic N) is 4. The first kappa shape index (κ1) is 17.2. The lowest BCUT2D eigenvalue weighted by molar-refractivity contribution is 0.0451. The summed E-state index contributed by atoms with van der Waals surface area (Å²) in [6.07, 6.45) is 0. The maximum absolute atomic E-state index is 6.35. The number of ether oxygens (including phenoxy) is 1. The quantitative estimate of drug-likeness (QED) is 0.357. The number of morpholine rings is 1. The maximum Gasteiger partial charge on any atom is 0.139 e. The monoisotopic (exact) mass is 342 g/mol. The van der Waals surface area contributed by atoms with Gasteiger partial charge in [0.15, 0.2) is 0 Å². The van der Waals surface area contributed by atoms with Gasteiger partial charge in [0.1, 0.15) is 5.84 Å². The molecule has 0 radical (unpaired) electrons. The third-order valence-electron chi connectivity index (χ3n) is 3.51. The Balaban J connectivity index is 2.19. The van der Waals surface area contributed by atoms with E-state index in [4.69, 9.17) is 27.9 Å². The molecule has 1 aliphatic rings. The van der Waals surface area contributed by atoms with E-state index in [0.29, 0.717) is 17.4 Å². The number of anilines is 1. The van der Waals surface area contributed by atoms with Crippen molar-refractivity contribution in [3.63, 3.8) is 0 Å². The van der Waals surface area contributed by atoms with Gasteiger partial charge in [-0.25, -0.2) is 5.01 Å². The van der Waals surface area contributed by atoms with Crippen LogP contribution in [0.3, 0.4) is 0 Å². The largest absolute Gasteiger partial charge is 0.379 e.